The first kappa shape index (κ1) is 12.9. The van der Waals surface area contributed by atoms with Gasteiger partial charge in [-0.2, -0.15) is 0 Å². The molecule has 0 radical (unpaired) electrons. The average Bonchev–Trinajstić information content (AvgIpc) is 3.21. The van der Waals surface area contributed by atoms with Crippen molar-refractivity contribution in [2.75, 3.05) is 5.32 Å². The van der Waals surface area contributed by atoms with E-state index in [1.807, 2.05) is 31.2 Å². The number of carbonyl (C=O) groups is 1. The molecule has 20 heavy (non-hydrogen) atoms. The Morgan fingerprint density at radius 1 is 1.15 bits per heavy atom. The van der Waals surface area contributed by atoms with Crippen LogP contribution in [0.25, 0.3) is 0 Å². The van der Waals surface area contributed by atoms with E-state index in [2.05, 4.69) is 5.32 Å². The van der Waals surface area contributed by atoms with E-state index >= 15 is 0 Å². The van der Waals surface area contributed by atoms with E-state index in [1.54, 1.807) is 12.1 Å². The molecule has 0 aromatic heterocycles. The Morgan fingerprint density at radius 3 is 2.45 bits per heavy atom. The molecule has 1 amide bonds. The molecule has 1 aliphatic carbocycles. The lowest BCUT2D eigenvalue weighted by molar-refractivity contribution is -0.118. The zero-order valence-electron chi connectivity index (χ0n) is 11.3. The van der Waals surface area contributed by atoms with Crippen molar-refractivity contribution in [2.45, 2.75) is 25.2 Å². The van der Waals surface area contributed by atoms with Crippen LogP contribution in [0.1, 0.15) is 24.0 Å². The third kappa shape index (κ3) is 2.31. The Morgan fingerprint density at radius 2 is 1.85 bits per heavy atom. The average molecular weight is 269 g/mol. The summed E-state index contributed by atoms with van der Waals surface area (Å²) in [4.78, 5) is 12.5. The van der Waals surface area contributed by atoms with Gasteiger partial charge in [0.15, 0.2) is 0 Å². The predicted molar refractivity (Wildman–Crippen MR) is 77.1 cm³/mol. The second-order valence-corrected chi connectivity index (χ2v) is 5.41. The van der Waals surface area contributed by atoms with Crippen LogP contribution in [0.2, 0.25) is 0 Å². The van der Waals surface area contributed by atoms with Gasteiger partial charge in [0.1, 0.15) is 5.82 Å². The SMILES string of the molecule is Cc1cccc(NC(=O)C2(c3ccc(F)cc3)CC2)c1. The molecule has 2 aromatic carbocycles. The van der Waals surface area contributed by atoms with Gasteiger partial charge in [0.25, 0.3) is 0 Å². The molecule has 3 rings (SSSR count). The number of nitrogens with one attached hydrogen (secondary N) is 1. The number of hydrogen-bond donors (Lipinski definition) is 1. The standard InChI is InChI=1S/C17H16FNO/c1-12-3-2-4-15(11-12)19-16(20)17(9-10-17)13-5-7-14(18)8-6-13/h2-8,11H,9-10H2,1H3,(H,19,20). The topological polar surface area (TPSA) is 29.1 Å². The molecule has 2 aromatic rings. The summed E-state index contributed by atoms with van der Waals surface area (Å²) in [5, 5.41) is 2.97. The van der Waals surface area contributed by atoms with Gasteiger partial charge in [0, 0.05) is 5.69 Å². The number of rotatable bonds is 3. The molecule has 0 bridgehead atoms. The summed E-state index contributed by atoms with van der Waals surface area (Å²) in [7, 11) is 0. The summed E-state index contributed by atoms with van der Waals surface area (Å²) in [5.74, 6) is -0.279. The quantitative estimate of drug-likeness (QED) is 0.902. The number of halogens is 1. The predicted octanol–water partition coefficient (Wildman–Crippen LogP) is 3.80. The maximum absolute atomic E-state index is 13.0. The van der Waals surface area contributed by atoms with Crippen LogP contribution in [-0.4, -0.2) is 5.91 Å². The fraction of sp³-hybridized carbons (Fsp3) is 0.235. The molecular formula is C17H16FNO. The molecule has 0 saturated heterocycles. The summed E-state index contributed by atoms with van der Waals surface area (Å²) in [6.45, 7) is 1.99. The minimum absolute atomic E-state index is 0.00490. The molecule has 1 aliphatic rings. The third-order valence-corrected chi connectivity index (χ3v) is 3.86. The van der Waals surface area contributed by atoms with Crippen molar-refractivity contribution in [3.8, 4) is 0 Å². The van der Waals surface area contributed by atoms with Crippen LogP contribution in [0.15, 0.2) is 48.5 Å². The zero-order valence-corrected chi connectivity index (χ0v) is 11.3. The maximum Gasteiger partial charge on any atom is 0.235 e. The first-order valence-electron chi connectivity index (χ1n) is 6.74. The van der Waals surface area contributed by atoms with Gasteiger partial charge in [0.05, 0.1) is 5.41 Å². The van der Waals surface area contributed by atoms with Gasteiger partial charge in [-0.3, -0.25) is 4.79 Å². The van der Waals surface area contributed by atoms with Gasteiger partial charge < -0.3 is 5.32 Å². The summed E-state index contributed by atoms with van der Waals surface area (Å²) in [6.07, 6.45) is 1.63. The number of carbonyl (C=O) groups excluding carboxylic acids is 1. The lowest BCUT2D eigenvalue weighted by Gasteiger charge is -2.16. The van der Waals surface area contributed by atoms with Crippen LogP contribution in [0.4, 0.5) is 10.1 Å². The second-order valence-electron chi connectivity index (χ2n) is 5.41. The van der Waals surface area contributed by atoms with Gasteiger partial charge in [-0.25, -0.2) is 4.39 Å². The van der Waals surface area contributed by atoms with E-state index in [9.17, 15) is 9.18 Å². The Labute approximate surface area is 117 Å². The van der Waals surface area contributed by atoms with E-state index in [1.165, 1.54) is 12.1 Å². The molecule has 102 valence electrons. The van der Waals surface area contributed by atoms with Crippen molar-refractivity contribution in [3.63, 3.8) is 0 Å². The molecule has 0 atom stereocenters. The monoisotopic (exact) mass is 269 g/mol. The fourth-order valence-corrected chi connectivity index (χ4v) is 2.51. The van der Waals surface area contributed by atoms with Crippen LogP contribution in [0.5, 0.6) is 0 Å². The Kier molecular flexibility index (Phi) is 3.05. The Balaban J connectivity index is 1.81. The Bertz CT molecular complexity index is 644. The molecule has 0 heterocycles. The molecule has 2 nitrogen and oxygen atoms in total. The van der Waals surface area contributed by atoms with Crippen molar-refractivity contribution in [2.24, 2.45) is 0 Å². The molecule has 1 fully saturated rings. The van der Waals surface area contributed by atoms with Gasteiger partial charge in [-0.05, 0) is 55.2 Å². The summed E-state index contributed by atoms with van der Waals surface area (Å²) >= 11 is 0. The van der Waals surface area contributed by atoms with Gasteiger partial charge >= 0.3 is 0 Å². The highest BCUT2D eigenvalue weighted by Gasteiger charge is 2.51. The van der Waals surface area contributed by atoms with E-state index in [-0.39, 0.29) is 11.7 Å². The normalized spacial score (nSPS) is 15.7. The van der Waals surface area contributed by atoms with Crippen molar-refractivity contribution in [3.05, 3.63) is 65.5 Å². The summed E-state index contributed by atoms with van der Waals surface area (Å²) in [5.41, 5.74) is 2.33. The van der Waals surface area contributed by atoms with Crippen molar-refractivity contribution < 1.29 is 9.18 Å². The lowest BCUT2D eigenvalue weighted by Crippen LogP contribution is -2.27. The van der Waals surface area contributed by atoms with Crippen LogP contribution < -0.4 is 5.32 Å². The minimum Gasteiger partial charge on any atom is -0.325 e. The fourth-order valence-electron chi connectivity index (χ4n) is 2.51. The van der Waals surface area contributed by atoms with E-state index in [0.29, 0.717) is 0 Å². The van der Waals surface area contributed by atoms with Crippen molar-refractivity contribution in [1.29, 1.82) is 0 Å². The first-order chi connectivity index (χ1) is 9.60. The van der Waals surface area contributed by atoms with E-state index in [4.69, 9.17) is 0 Å². The minimum atomic E-state index is -0.475. The molecule has 1 saturated carbocycles. The Hall–Kier alpha value is -2.16. The number of amides is 1. The highest BCUT2D eigenvalue weighted by molar-refractivity contribution is 6.01. The molecule has 0 aliphatic heterocycles. The molecule has 0 spiro atoms. The van der Waals surface area contributed by atoms with Crippen LogP contribution in [-0.2, 0) is 10.2 Å². The first-order valence-corrected chi connectivity index (χ1v) is 6.74. The molecule has 1 N–H and O–H groups in total. The largest absolute Gasteiger partial charge is 0.325 e. The smallest absolute Gasteiger partial charge is 0.235 e. The molecule has 0 unspecified atom stereocenters. The van der Waals surface area contributed by atoms with Gasteiger partial charge in [-0.1, -0.05) is 24.3 Å². The van der Waals surface area contributed by atoms with Crippen molar-refractivity contribution >= 4 is 11.6 Å². The maximum atomic E-state index is 13.0. The molecular weight excluding hydrogens is 253 g/mol. The van der Waals surface area contributed by atoms with Gasteiger partial charge in [0.2, 0.25) is 5.91 Å². The van der Waals surface area contributed by atoms with E-state index in [0.717, 1.165) is 29.7 Å². The number of hydrogen-bond acceptors (Lipinski definition) is 1. The van der Waals surface area contributed by atoms with E-state index < -0.39 is 5.41 Å². The van der Waals surface area contributed by atoms with Gasteiger partial charge in [-0.15, -0.1) is 0 Å². The van der Waals surface area contributed by atoms with Crippen molar-refractivity contribution in [1.82, 2.24) is 0 Å². The highest BCUT2D eigenvalue weighted by atomic mass is 19.1. The number of benzene rings is 2. The van der Waals surface area contributed by atoms with Crippen LogP contribution >= 0.6 is 0 Å². The lowest BCUT2D eigenvalue weighted by atomic mass is 9.95. The zero-order chi connectivity index (χ0) is 14.2. The third-order valence-electron chi connectivity index (χ3n) is 3.86. The summed E-state index contributed by atoms with van der Waals surface area (Å²) < 4.78 is 13.0. The number of anilines is 1. The van der Waals surface area contributed by atoms with Crippen LogP contribution in [0, 0.1) is 12.7 Å². The second kappa shape index (κ2) is 4.75. The molecule has 3 heteroatoms. The van der Waals surface area contributed by atoms with Crippen LogP contribution in [0.3, 0.4) is 0 Å². The number of aryl methyl sites for hydroxylation is 1. The summed E-state index contributed by atoms with van der Waals surface area (Å²) in [6, 6.07) is 14.0. The highest BCUT2D eigenvalue weighted by Crippen LogP contribution is 2.49.